The quantitative estimate of drug-likeness (QED) is 0.762. The molecule has 0 atom stereocenters. The van der Waals surface area contributed by atoms with Crippen molar-refractivity contribution in [3.63, 3.8) is 0 Å². The number of carbonyl (C=O) groups excluding carboxylic acids is 2. The van der Waals surface area contributed by atoms with Crippen molar-refractivity contribution in [2.75, 3.05) is 20.2 Å². The molecule has 1 aromatic heterocycles. The number of nitrogens with zero attached hydrogens (tertiary/aromatic N) is 3. The van der Waals surface area contributed by atoms with Crippen LogP contribution in [0.4, 0.5) is 4.39 Å². The molecule has 1 aliphatic heterocycles. The molecule has 1 aromatic carbocycles. The maximum absolute atomic E-state index is 13.3. The summed E-state index contributed by atoms with van der Waals surface area (Å²) in [7, 11) is 1.40. The van der Waals surface area contributed by atoms with E-state index in [4.69, 9.17) is 4.74 Å². The SMILES string of the molecule is COC(=O)C1CCN(C(=O)c2nn(-c3ccc(F)cc3)c3c2CCCC3)CC1. The van der Waals surface area contributed by atoms with Crippen molar-refractivity contribution >= 4 is 11.9 Å². The van der Waals surface area contributed by atoms with Crippen LogP contribution in [0.1, 0.15) is 47.4 Å². The molecule has 0 saturated carbocycles. The summed E-state index contributed by atoms with van der Waals surface area (Å²) in [5.41, 5.74) is 3.32. The van der Waals surface area contributed by atoms with Crippen molar-refractivity contribution < 1.29 is 18.7 Å². The van der Waals surface area contributed by atoms with E-state index in [1.54, 1.807) is 21.7 Å². The van der Waals surface area contributed by atoms with Crippen molar-refractivity contribution in [3.8, 4) is 5.69 Å². The van der Waals surface area contributed by atoms with Gasteiger partial charge in [-0.25, -0.2) is 9.07 Å². The number of fused-ring (bicyclic) bond motifs is 1. The van der Waals surface area contributed by atoms with Crippen molar-refractivity contribution in [1.82, 2.24) is 14.7 Å². The van der Waals surface area contributed by atoms with Gasteiger partial charge in [-0.3, -0.25) is 9.59 Å². The summed E-state index contributed by atoms with van der Waals surface area (Å²) in [6.45, 7) is 1.05. The van der Waals surface area contributed by atoms with Crippen molar-refractivity contribution in [2.45, 2.75) is 38.5 Å². The minimum absolute atomic E-state index is 0.0812. The zero-order chi connectivity index (χ0) is 19.7. The molecule has 0 unspecified atom stereocenters. The van der Waals surface area contributed by atoms with Crippen LogP contribution in [0.2, 0.25) is 0 Å². The summed E-state index contributed by atoms with van der Waals surface area (Å²) >= 11 is 0. The minimum Gasteiger partial charge on any atom is -0.469 e. The molecule has 0 bridgehead atoms. The van der Waals surface area contributed by atoms with Crippen LogP contribution in [0.15, 0.2) is 24.3 Å². The van der Waals surface area contributed by atoms with Crippen molar-refractivity contribution in [3.05, 3.63) is 47.0 Å². The molecule has 6 nitrogen and oxygen atoms in total. The lowest BCUT2D eigenvalue weighted by atomic mass is 9.94. The Morgan fingerprint density at radius 2 is 1.79 bits per heavy atom. The summed E-state index contributed by atoms with van der Waals surface area (Å²) in [5.74, 6) is -0.721. The van der Waals surface area contributed by atoms with Gasteiger partial charge in [0.05, 0.1) is 18.7 Å². The molecule has 1 aliphatic carbocycles. The highest BCUT2D eigenvalue weighted by Gasteiger charge is 2.32. The van der Waals surface area contributed by atoms with Gasteiger partial charge >= 0.3 is 5.97 Å². The first kappa shape index (κ1) is 18.7. The predicted molar refractivity (Wildman–Crippen MR) is 101 cm³/mol. The number of esters is 1. The van der Waals surface area contributed by atoms with E-state index in [2.05, 4.69) is 5.10 Å². The zero-order valence-corrected chi connectivity index (χ0v) is 16.0. The molecular weight excluding hydrogens is 361 g/mol. The number of amides is 1. The Labute approximate surface area is 163 Å². The number of aromatic nitrogens is 2. The Balaban J connectivity index is 1.60. The monoisotopic (exact) mass is 385 g/mol. The highest BCUT2D eigenvalue weighted by atomic mass is 19.1. The molecule has 0 radical (unpaired) electrons. The number of benzene rings is 1. The molecule has 1 saturated heterocycles. The highest BCUT2D eigenvalue weighted by molar-refractivity contribution is 5.94. The van der Waals surface area contributed by atoms with E-state index in [-0.39, 0.29) is 23.6 Å². The third-order valence-electron chi connectivity index (χ3n) is 5.77. The van der Waals surface area contributed by atoms with Gasteiger partial charge in [-0.15, -0.1) is 0 Å². The zero-order valence-electron chi connectivity index (χ0n) is 16.0. The van der Waals surface area contributed by atoms with Crippen LogP contribution in [0.3, 0.4) is 0 Å². The lowest BCUT2D eigenvalue weighted by Gasteiger charge is -2.30. The topological polar surface area (TPSA) is 64.4 Å². The molecular formula is C21H24FN3O3. The summed E-state index contributed by atoms with van der Waals surface area (Å²) in [6, 6.07) is 6.19. The number of ether oxygens (including phenoxy) is 1. The Kier molecular flexibility index (Phi) is 5.15. The van der Waals surface area contributed by atoms with Gasteiger partial charge < -0.3 is 9.64 Å². The average Bonchev–Trinajstić information content (AvgIpc) is 3.13. The Bertz CT molecular complexity index is 883. The van der Waals surface area contributed by atoms with Gasteiger partial charge in [-0.2, -0.15) is 5.10 Å². The number of likely N-dealkylation sites (tertiary alicyclic amines) is 1. The number of hydrogen-bond acceptors (Lipinski definition) is 4. The predicted octanol–water partition coefficient (Wildman–Crippen LogP) is 2.92. The summed E-state index contributed by atoms with van der Waals surface area (Å²) in [6.07, 6.45) is 5.00. The number of methoxy groups -OCH3 is 1. The molecule has 0 N–H and O–H groups in total. The van der Waals surface area contributed by atoms with E-state index < -0.39 is 0 Å². The molecule has 7 heteroatoms. The van der Waals surface area contributed by atoms with E-state index >= 15 is 0 Å². The second kappa shape index (κ2) is 7.73. The maximum Gasteiger partial charge on any atom is 0.308 e. The first-order valence-corrected chi connectivity index (χ1v) is 9.82. The summed E-state index contributed by atoms with van der Waals surface area (Å²) < 4.78 is 19.9. The smallest absolute Gasteiger partial charge is 0.308 e. The van der Waals surface area contributed by atoms with Gasteiger partial charge in [0.2, 0.25) is 0 Å². The lowest BCUT2D eigenvalue weighted by Crippen LogP contribution is -2.41. The van der Waals surface area contributed by atoms with Crippen LogP contribution < -0.4 is 0 Å². The number of halogens is 1. The van der Waals surface area contributed by atoms with Crippen molar-refractivity contribution in [2.24, 2.45) is 5.92 Å². The van der Waals surface area contributed by atoms with Crippen LogP contribution in [-0.2, 0) is 22.4 Å². The Morgan fingerprint density at radius 3 is 2.46 bits per heavy atom. The van der Waals surface area contributed by atoms with E-state index in [1.165, 1.54) is 19.2 Å². The molecule has 2 heterocycles. The Morgan fingerprint density at radius 1 is 1.11 bits per heavy atom. The largest absolute Gasteiger partial charge is 0.469 e. The average molecular weight is 385 g/mol. The van der Waals surface area contributed by atoms with Crippen LogP contribution in [0.5, 0.6) is 0 Å². The molecule has 4 rings (SSSR count). The van der Waals surface area contributed by atoms with Gasteiger partial charge in [-0.05, 0) is 62.8 Å². The first-order chi connectivity index (χ1) is 13.6. The second-order valence-corrected chi connectivity index (χ2v) is 7.46. The number of rotatable bonds is 3. The van der Waals surface area contributed by atoms with Gasteiger partial charge in [0.1, 0.15) is 5.82 Å². The van der Waals surface area contributed by atoms with Gasteiger partial charge in [0.15, 0.2) is 5.69 Å². The molecule has 0 spiro atoms. The number of carbonyl (C=O) groups is 2. The third-order valence-corrected chi connectivity index (χ3v) is 5.77. The molecule has 1 fully saturated rings. The molecule has 148 valence electrons. The van der Waals surface area contributed by atoms with Gasteiger partial charge in [0.25, 0.3) is 5.91 Å². The normalized spacial score (nSPS) is 17.3. The first-order valence-electron chi connectivity index (χ1n) is 9.82. The molecule has 2 aliphatic rings. The van der Waals surface area contributed by atoms with Crippen LogP contribution in [0, 0.1) is 11.7 Å². The molecule has 1 amide bonds. The fourth-order valence-corrected chi connectivity index (χ4v) is 4.20. The van der Waals surface area contributed by atoms with E-state index in [0.29, 0.717) is 31.6 Å². The van der Waals surface area contributed by atoms with Crippen molar-refractivity contribution in [1.29, 1.82) is 0 Å². The summed E-state index contributed by atoms with van der Waals surface area (Å²) in [4.78, 5) is 26.7. The fourth-order valence-electron chi connectivity index (χ4n) is 4.20. The van der Waals surface area contributed by atoms with Gasteiger partial charge in [0, 0.05) is 24.3 Å². The van der Waals surface area contributed by atoms with Crippen LogP contribution >= 0.6 is 0 Å². The standard InChI is InChI=1S/C21H24FN3O3/c1-28-21(27)14-10-12-24(13-11-14)20(26)19-17-4-2-3-5-18(17)25(23-19)16-8-6-15(22)7-9-16/h6-9,14H,2-5,10-13H2,1H3. The number of piperidine rings is 1. The molecule has 28 heavy (non-hydrogen) atoms. The molecule has 2 aromatic rings. The fraction of sp³-hybridized carbons (Fsp3) is 0.476. The third kappa shape index (κ3) is 3.41. The van der Waals surface area contributed by atoms with E-state index in [0.717, 1.165) is 42.6 Å². The van der Waals surface area contributed by atoms with Crippen LogP contribution in [0.25, 0.3) is 5.69 Å². The highest BCUT2D eigenvalue weighted by Crippen LogP contribution is 2.29. The Hall–Kier alpha value is -2.70. The minimum atomic E-state index is -0.297. The lowest BCUT2D eigenvalue weighted by molar-refractivity contribution is -0.146. The second-order valence-electron chi connectivity index (χ2n) is 7.46. The van der Waals surface area contributed by atoms with Gasteiger partial charge in [-0.1, -0.05) is 0 Å². The maximum atomic E-state index is 13.3. The van der Waals surface area contributed by atoms with E-state index in [9.17, 15) is 14.0 Å². The van der Waals surface area contributed by atoms with Crippen LogP contribution in [-0.4, -0.2) is 46.8 Å². The number of hydrogen-bond donors (Lipinski definition) is 0. The van der Waals surface area contributed by atoms with E-state index in [1.807, 2.05) is 0 Å². The summed E-state index contributed by atoms with van der Waals surface area (Å²) in [5, 5.41) is 4.65.